The second kappa shape index (κ2) is 8.14. The van der Waals surface area contributed by atoms with Crippen LogP contribution in [0.25, 0.3) is 0 Å². The molecule has 1 aromatic heterocycles. The number of pyridine rings is 1. The van der Waals surface area contributed by atoms with Crippen molar-refractivity contribution in [3.8, 4) is 11.5 Å². The number of piperidine rings is 1. The zero-order valence-electron chi connectivity index (χ0n) is 14.5. The van der Waals surface area contributed by atoms with Gasteiger partial charge in [0.2, 0.25) is 0 Å². The van der Waals surface area contributed by atoms with Gasteiger partial charge in [-0.05, 0) is 31.0 Å². The molecule has 0 aliphatic carbocycles. The number of carbonyl (C=O) groups is 1. The number of nitrogens with zero attached hydrogens (tertiary/aromatic N) is 2. The van der Waals surface area contributed by atoms with Crippen LogP contribution in [0.3, 0.4) is 0 Å². The zero-order valence-corrected chi connectivity index (χ0v) is 14.5. The molecule has 0 radical (unpaired) electrons. The maximum Gasteiger partial charge on any atom is 0.325 e. The van der Waals surface area contributed by atoms with Gasteiger partial charge >= 0.3 is 5.97 Å². The molecule has 2 heterocycles. The van der Waals surface area contributed by atoms with E-state index in [1.807, 2.05) is 17.0 Å². The molecule has 0 bridgehead atoms. The van der Waals surface area contributed by atoms with Crippen molar-refractivity contribution in [1.82, 2.24) is 9.88 Å². The van der Waals surface area contributed by atoms with Crippen LogP contribution in [0, 0.1) is 5.82 Å². The first-order valence-electron chi connectivity index (χ1n) is 8.45. The first-order valence-corrected chi connectivity index (χ1v) is 8.45. The molecule has 1 aliphatic rings. The van der Waals surface area contributed by atoms with E-state index < -0.39 is 17.8 Å². The Morgan fingerprint density at radius 3 is 2.73 bits per heavy atom. The molecule has 2 aromatic rings. The minimum absolute atomic E-state index is 0.0139. The Morgan fingerprint density at radius 1 is 1.35 bits per heavy atom. The summed E-state index contributed by atoms with van der Waals surface area (Å²) in [5.74, 6) is -0.494. The second-order valence-electron chi connectivity index (χ2n) is 6.17. The summed E-state index contributed by atoms with van der Waals surface area (Å²) < 4.78 is 24.5. The molecule has 1 atom stereocenters. The average molecular weight is 360 g/mol. The number of ether oxygens (including phenoxy) is 2. The molecule has 6 nitrogen and oxygen atoms in total. The maximum absolute atomic E-state index is 13.4. The number of rotatable bonds is 6. The summed E-state index contributed by atoms with van der Waals surface area (Å²) in [5, 5.41) is 9.74. The van der Waals surface area contributed by atoms with E-state index in [9.17, 15) is 14.3 Å². The van der Waals surface area contributed by atoms with Crippen LogP contribution in [0.15, 0.2) is 42.7 Å². The minimum Gasteiger partial charge on any atom is -0.496 e. The van der Waals surface area contributed by atoms with Crippen LogP contribution in [-0.2, 0) is 4.79 Å². The molecule has 1 saturated heterocycles. The molecule has 1 aliphatic heterocycles. The van der Waals surface area contributed by atoms with Gasteiger partial charge in [0, 0.05) is 30.9 Å². The summed E-state index contributed by atoms with van der Waals surface area (Å²) >= 11 is 0. The van der Waals surface area contributed by atoms with Gasteiger partial charge in [0.15, 0.2) is 0 Å². The molecule has 1 aromatic carbocycles. The molecule has 0 unspecified atom stereocenters. The number of halogens is 1. The molecule has 1 fully saturated rings. The highest BCUT2D eigenvalue weighted by atomic mass is 19.1. The van der Waals surface area contributed by atoms with Crippen LogP contribution < -0.4 is 9.47 Å². The number of hydrogen-bond donors (Lipinski definition) is 1. The Balaban J connectivity index is 1.70. The van der Waals surface area contributed by atoms with Crippen molar-refractivity contribution in [3.05, 3.63) is 54.1 Å². The van der Waals surface area contributed by atoms with Crippen LogP contribution in [0.4, 0.5) is 4.39 Å². The molecule has 7 heteroatoms. The number of methoxy groups -OCH3 is 1. The Morgan fingerprint density at radius 2 is 2.12 bits per heavy atom. The highest BCUT2D eigenvalue weighted by molar-refractivity contribution is 5.76. The second-order valence-corrected chi connectivity index (χ2v) is 6.17. The van der Waals surface area contributed by atoms with E-state index in [4.69, 9.17) is 9.47 Å². The van der Waals surface area contributed by atoms with Gasteiger partial charge < -0.3 is 14.6 Å². The Bertz CT molecular complexity index is 748. The predicted octanol–water partition coefficient (Wildman–Crippen LogP) is 2.90. The van der Waals surface area contributed by atoms with Crippen LogP contribution >= 0.6 is 0 Å². The Kier molecular flexibility index (Phi) is 5.68. The standard InChI is InChI=1S/C19H21FN2O4/c1-25-17-11-13(20)4-5-16(17)18(19(23)24)22-9-6-14(7-10-22)26-15-3-2-8-21-12-15/h2-5,8,11-12,14,18H,6-7,9-10H2,1H3,(H,23,24)/t18-/m0/s1. The number of aliphatic carboxylic acids is 1. The lowest BCUT2D eigenvalue weighted by molar-refractivity contribution is -0.144. The lowest BCUT2D eigenvalue weighted by atomic mass is 9.99. The Hall–Kier alpha value is -2.67. The molecule has 0 spiro atoms. The van der Waals surface area contributed by atoms with E-state index in [0.29, 0.717) is 37.2 Å². The average Bonchev–Trinajstić information content (AvgIpc) is 2.65. The SMILES string of the molecule is COc1cc(F)ccc1[C@@H](C(=O)O)N1CCC(Oc2cccnc2)CC1. The smallest absolute Gasteiger partial charge is 0.325 e. The van der Waals surface area contributed by atoms with Crippen molar-refractivity contribution in [2.24, 2.45) is 0 Å². The summed E-state index contributed by atoms with van der Waals surface area (Å²) in [7, 11) is 1.41. The minimum atomic E-state index is -0.985. The van der Waals surface area contributed by atoms with Gasteiger partial charge in [-0.2, -0.15) is 0 Å². The third-order valence-electron chi connectivity index (χ3n) is 4.50. The highest BCUT2D eigenvalue weighted by Gasteiger charge is 2.33. The van der Waals surface area contributed by atoms with Crippen molar-refractivity contribution in [2.45, 2.75) is 25.0 Å². The normalized spacial score (nSPS) is 16.8. The number of likely N-dealkylation sites (tertiary alicyclic amines) is 1. The molecular formula is C19H21FN2O4. The summed E-state index contributed by atoms with van der Waals surface area (Å²) in [6.07, 6.45) is 4.75. The predicted molar refractivity (Wildman–Crippen MR) is 92.8 cm³/mol. The Labute approximate surface area is 151 Å². The van der Waals surface area contributed by atoms with Gasteiger partial charge in [-0.1, -0.05) is 6.07 Å². The lowest BCUT2D eigenvalue weighted by Crippen LogP contribution is -2.43. The fourth-order valence-electron chi connectivity index (χ4n) is 3.26. The van der Waals surface area contributed by atoms with Gasteiger partial charge in [0.1, 0.15) is 29.5 Å². The van der Waals surface area contributed by atoms with Crippen LogP contribution in [0.5, 0.6) is 11.5 Å². The van der Waals surface area contributed by atoms with E-state index in [2.05, 4.69) is 4.98 Å². The third kappa shape index (κ3) is 4.11. The van der Waals surface area contributed by atoms with E-state index in [1.54, 1.807) is 12.4 Å². The summed E-state index contributed by atoms with van der Waals surface area (Å²) in [4.78, 5) is 17.8. The molecular weight excluding hydrogens is 339 g/mol. The summed E-state index contributed by atoms with van der Waals surface area (Å²) in [5.41, 5.74) is 0.452. The number of hydrogen-bond acceptors (Lipinski definition) is 5. The molecule has 3 rings (SSSR count). The van der Waals surface area contributed by atoms with Crippen molar-refractivity contribution in [2.75, 3.05) is 20.2 Å². The molecule has 138 valence electrons. The molecule has 0 saturated carbocycles. The van der Waals surface area contributed by atoms with Gasteiger partial charge in [-0.3, -0.25) is 14.7 Å². The van der Waals surface area contributed by atoms with Crippen molar-refractivity contribution in [1.29, 1.82) is 0 Å². The van der Waals surface area contributed by atoms with Crippen molar-refractivity contribution < 1.29 is 23.8 Å². The number of carboxylic acid groups (broad SMARTS) is 1. The van der Waals surface area contributed by atoms with E-state index in [0.717, 1.165) is 0 Å². The fourth-order valence-corrected chi connectivity index (χ4v) is 3.26. The maximum atomic E-state index is 13.4. The van der Waals surface area contributed by atoms with Gasteiger partial charge in [0.05, 0.1) is 13.3 Å². The molecule has 26 heavy (non-hydrogen) atoms. The highest BCUT2D eigenvalue weighted by Crippen LogP contribution is 2.32. The first kappa shape index (κ1) is 18.1. The van der Waals surface area contributed by atoms with Gasteiger partial charge in [0.25, 0.3) is 0 Å². The van der Waals surface area contributed by atoms with Crippen molar-refractivity contribution >= 4 is 5.97 Å². The molecule has 0 amide bonds. The number of benzene rings is 1. The quantitative estimate of drug-likeness (QED) is 0.854. The largest absolute Gasteiger partial charge is 0.496 e. The third-order valence-corrected chi connectivity index (χ3v) is 4.50. The number of aromatic nitrogens is 1. The van der Waals surface area contributed by atoms with Crippen LogP contribution in [-0.4, -0.2) is 47.3 Å². The number of carboxylic acids is 1. The molecule has 1 N–H and O–H groups in total. The summed E-state index contributed by atoms with van der Waals surface area (Å²) in [6, 6.07) is 6.72. The monoisotopic (exact) mass is 360 g/mol. The van der Waals surface area contributed by atoms with Crippen LogP contribution in [0.2, 0.25) is 0 Å². The summed E-state index contributed by atoms with van der Waals surface area (Å²) in [6.45, 7) is 1.12. The van der Waals surface area contributed by atoms with Gasteiger partial charge in [-0.25, -0.2) is 4.39 Å². The zero-order chi connectivity index (χ0) is 18.5. The topological polar surface area (TPSA) is 71.9 Å². The fraction of sp³-hybridized carbons (Fsp3) is 0.368. The van der Waals surface area contributed by atoms with E-state index in [1.165, 1.54) is 25.3 Å². The van der Waals surface area contributed by atoms with Gasteiger partial charge in [-0.15, -0.1) is 0 Å². The lowest BCUT2D eigenvalue weighted by Gasteiger charge is -2.36. The van der Waals surface area contributed by atoms with E-state index >= 15 is 0 Å². The van der Waals surface area contributed by atoms with Crippen LogP contribution in [0.1, 0.15) is 24.4 Å². The van der Waals surface area contributed by atoms with Crippen molar-refractivity contribution in [3.63, 3.8) is 0 Å². The van der Waals surface area contributed by atoms with E-state index in [-0.39, 0.29) is 11.9 Å². The first-order chi connectivity index (χ1) is 12.6.